The third kappa shape index (κ3) is 0.850. The number of nitroso groups, excluding NO2 is 1. The Bertz CT molecular complexity index is 276. The molecule has 3 aliphatic carbocycles. The van der Waals surface area contributed by atoms with Gasteiger partial charge in [-0.3, -0.25) is 0 Å². The first-order valence-electron chi connectivity index (χ1n) is 4.96. The molecule has 0 heterocycles. The van der Waals surface area contributed by atoms with Gasteiger partial charge in [0.25, 0.3) is 0 Å². The summed E-state index contributed by atoms with van der Waals surface area (Å²) in [6.45, 7) is 0. The summed E-state index contributed by atoms with van der Waals surface area (Å²) in [7, 11) is 0. The average Bonchev–Trinajstić information content (AvgIpc) is 2.71. The summed E-state index contributed by atoms with van der Waals surface area (Å²) < 4.78 is 0. The molecule has 0 aromatic heterocycles. The molecule has 3 heteroatoms. The van der Waals surface area contributed by atoms with Gasteiger partial charge >= 0.3 is 0 Å². The first kappa shape index (κ1) is 7.98. The average molecular weight is 198 g/mol. The Morgan fingerprint density at radius 3 is 2.92 bits per heavy atom. The predicted molar refractivity (Wildman–Crippen MR) is 51.6 cm³/mol. The van der Waals surface area contributed by atoms with Crippen LogP contribution in [0.4, 0.5) is 0 Å². The number of rotatable bonds is 1. The number of nitrogens with zero attached hydrogens (tertiary/aromatic N) is 1. The topological polar surface area (TPSA) is 29.4 Å². The molecule has 0 aromatic carbocycles. The minimum Gasteiger partial charge on any atom is -0.150 e. The van der Waals surface area contributed by atoms with Crippen LogP contribution < -0.4 is 0 Å². The summed E-state index contributed by atoms with van der Waals surface area (Å²) in [6, 6.07) is -0.115. The summed E-state index contributed by atoms with van der Waals surface area (Å²) in [5.41, 5.74) is 0. The molecule has 0 aliphatic heterocycles. The summed E-state index contributed by atoms with van der Waals surface area (Å²) in [4.78, 5) is 10.6. The molecule has 0 saturated heterocycles. The number of alkyl halides is 1. The number of hydrogen-bond acceptors (Lipinski definition) is 2. The molecule has 2 nitrogen and oxygen atoms in total. The van der Waals surface area contributed by atoms with E-state index in [4.69, 9.17) is 11.6 Å². The van der Waals surface area contributed by atoms with Gasteiger partial charge in [-0.15, -0.1) is 11.6 Å². The second-order valence-corrected chi connectivity index (χ2v) is 5.01. The lowest BCUT2D eigenvalue weighted by atomic mass is 9.79. The first-order chi connectivity index (χ1) is 6.33. The Balaban J connectivity index is 1.94. The van der Waals surface area contributed by atoms with Crippen LogP contribution in [0.3, 0.4) is 0 Å². The SMILES string of the molecule is O=N[C@H]1[C@@H](Cl)[C@H]2C[C@@H]1[C@H]1C=CC[C@H]12. The van der Waals surface area contributed by atoms with Crippen LogP contribution in [0.1, 0.15) is 12.8 Å². The van der Waals surface area contributed by atoms with E-state index < -0.39 is 0 Å². The standard InChI is InChI=1S/C10H12ClNO/c11-9-7-4-8(10(9)12-13)6-3-1-2-5(6)7/h1,3,5-10H,2,4H2/t5-,6+,7+,8-,9+,10-/m1/s1. The van der Waals surface area contributed by atoms with Gasteiger partial charge < -0.3 is 0 Å². The van der Waals surface area contributed by atoms with Crippen molar-refractivity contribution in [1.82, 2.24) is 0 Å². The maximum atomic E-state index is 10.6. The minimum atomic E-state index is -0.115. The largest absolute Gasteiger partial charge is 0.150 e. The number of allylic oxidation sites excluding steroid dienone is 2. The third-order valence-corrected chi connectivity index (χ3v) is 4.73. The third-order valence-electron chi connectivity index (χ3n) is 4.15. The zero-order chi connectivity index (χ0) is 9.00. The van der Waals surface area contributed by atoms with E-state index >= 15 is 0 Å². The number of halogens is 1. The first-order valence-corrected chi connectivity index (χ1v) is 5.40. The van der Waals surface area contributed by atoms with Crippen molar-refractivity contribution in [3.8, 4) is 0 Å². The minimum absolute atomic E-state index is 0.0173. The van der Waals surface area contributed by atoms with Gasteiger partial charge in [-0.25, -0.2) is 0 Å². The Kier molecular flexibility index (Phi) is 1.58. The monoisotopic (exact) mass is 197 g/mol. The fourth-order valence-electron chi connectivity index (χ4n) is 3.62. The van der Waals surface area contributed by atoms with E-state index in [0.29, 0.717) is 17.8 Å². The molecule has 13 heavy (non-hydrogen) atoms. The summed E-state index contributed by atoms with van der Waals surface area (Å²) in [5, 5.41) is 3.21. The summed E-state index contributed by atoms with van der Waals surface area (Å²) >= 11 is 6.22. The fourth-order valence-corrected chi connectivity index (χ4v) is 4.14. The van der Waals surface area contributed by atoms with Crippen molar-refractivity contribution in [2.24, 2.45) is 28.8 Å². The Morgan fingerprint density at radius 1 is 1.31 bits per heavy atom. The normalized spacial score (nSPS) is 57.0. The molecule has 0 unspecified atom stereocenters. The van der Waals surface area contributed by atoms with Crippen molar-refractivity contribution in [2.45, 2.75) is 24.3 Å². The van der Waals surface area contributed by atoms with Crippen molar-refractivity contribution >= 4 is 11.6 Å². The maximum absolute atomic E-state index is 10.6. The van der Waals surface area contributed by atoms with Crippen LogP contribution in [0.2, 0.25) is 0 Å². The van der Waals surface area contributed by atoms with Crippen LogP contribution in [0.15, 0.2) is 17.3 Å². The number of hydrogen-bond donors (Lipinski definition) is 0. The van der Waals surface area contributed by atoms with Crippen LogP contribution in [0, 0.1) is 28.6 Å². The molecule has 70 valence electrons. The molecule has 3 aliphatic rings. The lowest BCUT2D eigenvalue weighted by Crippen LogP contribution is -2.35. The van der Waals surface area contributed by atoms with Gasteiger partial charge in [-0.05, 0) is 36.5 Å². The molecule has 2 saturated carbocycles. The van der Waals surface area contributed by atoms with E-state index in [1.807, 2.05) is 0 Å². The molecule has 0 spiro atoms. The smallest absolute Gasteiger partial charge is 0.112 e. The van der Waals surface area contributed by atoms with Gasteiger partial charge in [0.15, 0.2) is 0 Å². The van der Waals surface area contributed by atoms with Gasteiger partial charge in [0, 0.05) is 0 Å². The van der Waals surface area contributed by atoms with Crippen LogP contribution in [-0.4, -0.2) is 11.4 Å². The molecular formula is C10H12ClNO. The molecular weight excluding hydrogens is 186 g/mol. The van der Waals surface area contributed by atoms with Crippen molar-refractivity contribution in [1.29, 1.82) is 0 Å². The van der Waals surface area contributed by atoms with Crippen molar-refractivity contribution in [3.63, 3.8) is 0 Å². The van der Waals surface area contributed by atoms with E-state index in [2.05, 4.69) is 17.3 Å². The zero-order valence-electron chi connectivity index (χ0n) is 7.27. The van der Waals surface area contributed by atoms with E-state index in [9.17, 15) is 4.91 Å². The highest BCUT2D eigenvalue weighted by molar-refractivity contribution is 6.21. The maximum Gasteiger partial charge on any atom is 0.112 e. The van der Waals surface area contributed by atoms with Crippen molar-refractivity contribution in [2.75, 3.05) is 0 Å². The summed E-state index contributed by atoms with van der Waals surface area (Å²) in [5.74, 6) is 2.34. The molecule has 0 radical (unpaired) electrons. The Labute approximate surface area is 82.3 Å². The quantitative estimate of drug-likeness (QED) is 0.361. The highest BCUT2D eigenvalue weighted by Gasteiger charge is 2.58. The second-order valence-electron chi connectivity index (χ2n) is 4.51. The second kappa shape index (κ2) is 2.57. The van der Waals surface area contributed by atoms with Crippen LogP contribution >= 0.6 is 11.6 Å². The molecule has 2 bridgehead atoms. The molecule has 0 amide bonds. The molecule has 0 N–H and O–H groups in total. The lowest BCUT2D eigenvalue weighted by molar-refractivity contribution is 0.263. The van der Waals surface area contributed by atoms with E-state index in [-0.39, 0.29) is 11.4 Å². The molecule has 2 fully saturated rings. The molecule has 0 aromatic rings. The number of fused-ring (bicyclic) bond motifs is 5. The Hall–Kier alpha value is -0.370. The van der Waals surface area contributed by atoms with Crippen molar-refractivity contribution in [3.05, 3.63) is 17.1 Å². The highest BCUT2D eigenvalue weighted by Crippen LogP contribution is 2.58. The zero-order valence-corrected chi connectivity index (χ0v) is 8.02. The molecule has 3 rings (SSSR count). The lowest BCUT2D eigenvalue weighted by Gasteiger charge is -2.30. The highest BCUT2D eigenvalue weighted by atomic mass is 35.5. The van der Waals surface area contributed by atoms with Gasteiger partial charge in [0.1, 0.15) is 6.04 Å². The van der Waals surface area contributed by atoms with E-state index in [0.717, 1.165) is 12.3 Å². The van der Waals surface area contributed by atoms with Crippen LogP contribution in [0.25, 0.3) is 0 Å². The predicted octanol–water partition coefficient (Wildman–Crippen LogP) is 2.57. The molecule has 6 atom stereocenters. The van der Waals surface area contributed by atoms with Gasteiger partial charge in [-0.2, -0.15) is 4.91 Å². The van der Waals surface area contributed by atoms with E-state index in [1.54, 1.807) is 0 Å². The van der Waals surface area contributed by atoms with Crippen molar-refractivity contribution < 1.29 is 0 Å². The van der Waals surface area contributed by atoms with Crippen LogP contribution in [0.5, 0.6) is 0 Å². The van der Waals surface area contributed by atoms with Crippen LogP contribution in [-0.2, 0) is 0 Å². The van der Waals surface area contributed by atoms with E-state index in [1.165, 1.54) is 6.42 Å². The fraction of sp³-hybridized carbons (Fsp3) is 0.800. The Morgan fingerprint density at radius 2 is 2.15 bits per heavy atom. The summed E-state index contributed by atoms with van der Waals surface area (Å²) in [6.07, 6.45) is 6.81. The van der Waals surface area contributed by atoms with Gasteiger partial charge in [-0.1, -0.05) is 17.3 Å². The van der Waals surface area contributed by atoms with Gasteiger partial charge in [0.05, 0.1) is 5.38 Å². The van der Waals surface area contributed by atoms with Gasteiger partial charge in [0.2, 0.25) is 0 Å².